The predicted octanol–water partition coefficient (Wildman–Crippen LogP) is 0.640. The van der Waals surface area contributed by atoms with Gasteiger partial charge in [-0.3, -0.25) is 19.6 Å². The van der Waals surface area contributed by atoms with Gasteiger partial charge in [0.15, 0.2) is 12.0 Å². The zero-order chi connectivity index (χ0) is 11.5. The topological polar surface area (TPSA) is 104 Å². The van der Waals surface area contributed by atoms with Crippen LogP contribution in [0.2, 0.25) is 0 Å². The van der Waals surface area contributed by atoms with Gasteiger partial charge < -0.3 is 4.52 Å². The summed E-state index contributed by atoms with van der Waals surface area (Å²) in [6.45, 7) is 0.189. The normalized spacial score (nSPS) is 10.2. The Morgan fingerprint density at radius 3 is 3.00 bits per heavy atom. The van der Waals surface area contributed by atoms with Crippen LogP contribution in [-0.4, -0.2) is 26.1 Å². The lowest BCUT2D eigenvalue weighted by molar-refractivity contribution is -0.385. The van der Waals surface area contributed by atoms with E-state index in [1.807, 2.05) is 0 Å². The van der Waals surface area contributed by atoms with Crippen molar-refractivity contribution in [2.24, 2.45) is 0 Å². The highest BCUT2D eigenvalue weighted by Gasteiger charge is 2.10. The first-order valence-electron chi connectivity index (χ1n) is 4.26. The van der Waals surface area contributed by atoms with Gasteiger partial charge in [-0.2, -0.15) is 5.10 Å². The zero-order valence-corrected chi connectivity index (χ0v) is 7.94. The van der Waals surface area contributed by atoms with Gasteiger partial charge in [0.25, 0.3) is 0 Å². The van der Waals surface area contributed by atoms with Crippen LogP contribution in [0.15, 0.2) is 23.0 Å². The molecule has 8 heteroatoms. The first kappa shape index (κ1) is 10.0. The van der Waals surface area contributed by atoms with Gasteiger partial charge in [-0.05, 0) is 0 Å². The molecule has 0 N–H and O–H groups in total. The van der Waals surface area contributed by atoms with Crippen molar-refractivity contribution < 1.29 is 14.2 Å². The van der Waals surface area contributed by atoms with Gasteiger partial charge in [0, 0.05) is 6.07 Å². The second-order valence-electron chi connectivity index (χ2n) is 2.99. The highest BCUT2D eigenvalue weighted by atomic mass is 16.6. The number of aromatic nitrogens is 3. The third kappa shape index (κ3) is 1.95. The summed E-state index contributed by atoms with van der Waals surface area (Å²) in [5.74, 6) is 0.403. The molecule has 2 aromatic rings. The molecule has 0 aromatic carbocycles. The molecule has 0 bridgehead atoms. The van der Waals surface area contributed by atoms with Gasteiger partial charge in [-0.25, -0.2) is 0 Å². The van der Waals surface area contributed by atoms with Crippen LogP contribution in [0.4, 0.5) is 5.69 Å². The second-order valence-corrected chi connectivity index (χ2v) is 2.99. The second kappa shape index (κ2) is 3.93. The van der Waals surface area contributed by atoms with Crippen molar-refractivity contribution in [2.75, 3.05) is 0 Å². The molecule has 16 heavy (non-hydrogen) atoms. The molecular formula is C8H6N4O4. The Labute approximate surface area is 88.6 Å². The maximum absolute atomic E-state index is 10.4. The lowest BCUT2D eigenvalue weighted by atomic mass is 10.4. The first-order valence-corrected chi connectivity index (χ1v) is 4.26. The van der Waals surface area contributed by atoms with Crippen LogP contribution in [0.25, 0.3) is 0 Å². The van der Waals surface area contributed by atoms with Crippen LogP contribution in [0, 0.1) is 10.1 Å². The summed E-state index contributed by atoms with van der Waals surface area (Å²) in [7, 11) is 0. The summed E-state index contributed by atoms with van der Waals surface area (Å²) in [6.07, 6.45) is 2.96. The minimum Gasteiger partial charge on any atom is -0.359 e. The molecule has 0 saturated carbocycles. The van der Waals surface area contributed by atoms with Crippen LogP contribution in [0.5, 0.6) is 0 Å². The van der Waals surface area contributed by atoms with Gasteiger partial charge in [0.05, 0.1) is 4.92 Å². The first-order chi connectivity index (χ1) is 7.69. The van der Waals surface area contributed by atoms with Crippen molar-refractivity contribution >= 4 is 12.0 Å². The smallest absolute Gasteiger partial charge is 0.307 e. The molecule has 0 unspecified atom stereocenters. The van der Waals surface area contributed by atoms with Gasteiger partial charge in [-0.1, -0.05) is 5.16 Å². The quantitative estimate of drug-likeness (QED) is 0.427. The average molecular weight is 222 g/mol. The van der Waals surface area contributed by atoms with Crippen LogP contribution in [0.3, 0.4) is 0 Å². The fourth-order valence-corrected chi connectivity index (χ4v) is 1.15. The Morgan fingerprint density at radius 2 is 2.44 bits per heavy atom. The van der Waals surface area contributed by atoms with Gasteiger partial charge in [0.2, 0.25) is 0 Å². The van der Waals surface area contributed by atoms with E-state index >= 15 is 0 Å². The monoisotopic (exact) mass is 222 g/mol. The number of nitrogens with zero attached hydrogens (tertiary/aromatic N) is 4. The summed E-state index contributed by atoms with van der Waals surface area (Å²) >= 11 is 0. The number of aldehydes is 1. The van der Waals surface area contributed by atoms with Crippen LogP contribution in [0.1, 0.15) is 16.2 Å². The number of nitro groups is 1. The van der Waals surface area contributed by atoms with Gasteiger partial charge in [0.1, 0.15) is 24.6 Å². The Kier molecular flexibility index (Phi) is 2.46. The van der Waals surface area contributed by atoms with Crippen molar-refractivity contribution in [3.63, 3.8) is 0 Å². The van der Waals surface area contributed by atoms with Gasteiger partial charge in [-0.15, -0.1) is 0 Å². The largest absolute Gasteiger partial charge is 0.359 e. The number of rotatable bonds is 4. The SMILES string of the molecule is O=Cc1cc(Cn2cc([N+](=O)[O-])cn2)on1. The van der Waals surface area contributed by atoms with Crippen LogP contribution >= 0.6 is 0 Å². The van der Waals surface area contributed by atoms with E-state index in [1.54, 1.807) is 0 Å². The summed E-state index contributed by atoms with van der Waals surface area (Å²) in [5.41, 5.74) is 0.0757. The Morgan fingerprint density at radius 1 is 1.62 bits per heavy atom. The summed E-state index contributed by atoms with van der Waals surface area (Å²) < 4.78 is 6.14. The van der Waals surface area contributed by atoms with Crippen molar-refractivity contribution in [3.05, 3.63) is 40.0 Å². The van der Waals surface area contributed by atoms with Crippen molar-refractivity contribution in [3.8, 4) is 0 Å². The molecule has 0 atom stereocenters. The fourth-order valence-electron chi connectivity index (χ4n) is 1.15. The molecule has 0 radical (unpaired) electrons. The maximum atomic E-state index is 10.4. The molecular weight excluding hydrogens is 216 g/mol. The van der Waals surface area contributed by atoms with Crippen LogP contribution in [-0.2, 0) is 6.54 Å². The molecule has 2 heterocycles. The Balaban J connectivity index is 2.13. The molecule has 0 aliphatic rings. The Hall–Kier alpha value is -2.51. The van der Waals surface area contributed by atoms with Crippen molar-refractivity contribution in [1.29, 1.82) is 0 Å². The fraction of sp³-hybridized carbons (Fsp3) is 0.125. The Bertz CT molecular complexity index is 530. The number of hydrogen-bond acceptors (Lipinski definition) is 6. The van der Waals surface area contributed by atoms with E-state index in [-0.39, 0.29) is 17.9 Å². The minimum atomic E-state index is -0.541. The van der Waals surface area contributed by atoms with Crippen molar-refractivity contribution in [1.82, 2.24) is 14.9 Å². The van der Waals surface area contributed by atoms with E-state index < -0.39 is 4.92 Å². The highest BCUT2D eigenvalue weighted by Crippen LogP contribution is 2.10. The lowest BCUT2D eigenvalue weighted by Crippen LogP contribution is -1.98. The molecule has 0 amide bonds. The molecule has 82 valence electrons. The highest BCUT2D eigenvalue weighted by molar-refractivity contribution is 5.71. The molecule has 0 spiro atoms. The molecule has 8 nitrogen and oxygen atoms in total. The average Bonchev–Trinajstić information content (AvgIpc) is 2.87. The predicted molar refractivity (Wildman–Crippen MR) is 49.9 cm³/mol. The molecule has 2 rings (SSSR count). The minimum absolute atomic E-state index is 0.102. The van der Waals surface area contributed by atoms with E-state index in [4.69, 9.17) is 4.52 Å². The number of carbonyl (C=O) groups excluding carboxylic acids is 1. The standard InChI is InChI=1S/C8H6N4O4/c13-5-6-1-8(16-10-6)4-11-3-7(2-9-11)12(14)15/h1-3,5H,4H2. The third-order valence-corrected chi connectivity index (χ3v) is 1.85. The lowest BCUT2D eigenvalue weighted by Gasteiger charge is -1.93. The van der Waals surface area contributed by atoms with Crippen LogP contribution < -0.4 is 0 Å². The summed E-state index contributed by atoms with van der Waals surface area (Å²) in [5, 5.41) is 17.6. The molecule has 0 saturated heterocycles. The van der Waals surface area contributed by atoms with E-state index in [9.17, 15) is 14.9 Å². The summed E-state index contributed by atoms with van der Waals surface area (Å²) in [6, 6.07) is 1.44. The molecule has 0 aliphatic carbocycles. The summed E-state index contributed by atoms with van der Waals surface area (Å²) in [4.78, 5) is 20.2. The van der Waals surface area contributed by atoms with Crippen molar-refractivity contribution in [2.45, 2.75) is 6.54 Å². The maximum Gasteiger partial charge on any atom is 0.307 e. The van der Waals surface area contributed by atoms with E-state index in [0.29, 0.717) is 12.0 Å². The van der Waals surface area contributed by atoms with E-state index in [2.05, 4.69) is 10.3 Å². The zero-order valence-electron chi connectivity index (χ0n) is 7.94. The molecule has 0 aliphatic heterocycles. The number of hydrogen-bond donors (Lipinski definition) is 0. The molecule has 2 aromatic heterocycles. The van der Waals surface area contributed by atoms with E-state index in [0.717, 1.165) is 6.20 Å². The van der Waals surface area contributed by atoms with E-state index in [1.165, 1.54) is 16.9 Å². The third-order valence-electron chi connectivity index (χ3n) is 1.85. The number of carbonyl (C=O) groups is 1. The van der Waals surface area contributed by atoms with Gasteiger partial charge >= 0.3 is 5.69 Å². The molecule has 0 fully saturated rings.